The van der Waals surface area contributed by atoms with E-state index in [9.17, 15) is 18.0 Å². The van der Waals surface area contributed by atoms with Gasteiger partial charge in [0.25, 0.3) is 5.78 Å². The Morgan fingerprint density at radius 1 is 1.18 bits per heavy atom. The molecule has 3 nitrogen and oxygen atoms in total. The highest BCUT2D eigenvalue weighted by Gasteiger charge is 2.37. The fourth-order valence-electron chi connectivity index (χ4n) is 1.94. The molecule has 0 fully saturated rings. The van der Waals surface area contributed by atoms with Crippen molar-refractivity contribution in [2.45, 2.75) is 13.1 Å². The number of nitrogens with one attached hydrogen (secondary N) is 1. The Hall–Kier alpha value is -2.50. The first-order valence-corrected chi connectivity index (χ1v) is 6.62. The number of rotatable bonds is 5. The molecule has 0 radical (unpaired) electrons. The summed E-state index contributed by atoms with van der Waals surface area (Å²) in [5, 5.41) is 4.48. The molecule has 0 aliphatic rings. The van der Waals surface area contributed by atoms with Gasteiger partial charge < -0.3 is 10.1 Å². The highest BCUT2D eigenvalue weighted by molar-refractivity contribution is 5.97. The largest absolute Gasteiger partial charge is 0.479 e. The van der Waals surface area contributed by atoms with Gasteiger partial charge in [-0.2, -0.15) is 13.2 Å². The maximum Gasteiger partial charge on any atom is 0.454 e. The zero-order valence-corrected chi connectivity index (χ0v) is 11.8. The number of hydrogen-bond acceptors (Lipinski definition) is 3. The Labute approximate surface area is 125 Å². The molecule has 6 heteroatoms. The summed E-state index contributed by atoms with van der Waals surface area (Å²) in [7, 11) is 0. The maximum absolute atomic E-state index is 12.4. The van der Waals surface area contributed by atoms with Crippen LogP contribution in [0.5, 0.6) is 0 Å². The third kappa shape index (κ3) is 3.78. The maximum atomic E-state index is 12.4. The monoisotopic (exact) mass is 309 g/mol. The quantitative estimate of drug-likeness (QED) is 0.662. The Bertz CT molecular complexity index is 703. The van der Waals surface area contributed by atoms with Crippen LogP contribution in [0.3, 0.4) is 0 Å². The molecular formula is C16H14F3NO2. The first kappa shape index (κ1) is 15.9. The van der Waals surface area contributed by atoms with E-state index in [4.69, 9.17) is 4.74 Å². The fraction of sp³-hybridized carbons (Fsp3) is 0.188. The lowest BCUT2D eigenvalue weighted by molar-refractivity contribution is -0.165. The molecule has 0 aliphatic carbocycles. The van der Waals surface area contributed by atoms with Gasteiger partial charge in [-0.05, 0) is 18.4 Å². The second-order valence-corrected chi connectivity index (χ2v) is 4.46. The topological polar surface area (TPSA) is 38.3 Å². The van der Waals surface area contributed by atoms with Crippen molar-refractivity contribution in [2.75, 3.05) is 11.9 Å². The SMILES string of the molecule is CCO/C(=C\C(=O)C(F)(F)F)Nc1cccc2ccccc12. The van der Waals surface area contributed by atoms with Crippen LogP contribution < -0.4 is 5.32 Å². The second-order valence-electron chi connectivity index (χ2n) is 4.46. The minimum Gasteiger partial charge on any atom is -0.479 e. The minimum atomic E-state index is -4.93. The van der Waals surface area contributed by atoms with Crippen molar-refractivity contribution in [1.29, 1.82) is 0 Å². The molecule has 2 rings (SSSR count). The van der Waals surface area contributed by atoms with Gasteiger partial charge in [0.2, 0.25) is 0 Å². The summed E-state index contributed by atoms with van der Waals surface area (Å²) in [5.41, 5.74) is 0.563. The first-order chi connectivity index (χ1) is 10.4. The molecule has 0 unspecified atom stereocenters. The van der Waals surface area contributed by atoms with E-state index in [2.05, 4.69) is 5.32 Å². The molecule has 1 N–H and O–H groups in total. The van der Waals surface area contributed by atoms with Gasteiger partial charge in [0.1, 0.15) is 0 Å². The zero-order valence-electron chi connectivity index (χ0n) is 11.8. The molecule has 116 valence electrons. The number of anilines is 1. The molecule has 0 atom stereocenters. The lowest BCUT2D eigenvalue weighted by atomic mass is 10.1. The highest BCUT2D eigenvalue weighted by Crippen LogP contribution is 2.25. The number of ketones is 1. The minimum absolute atomic E-state index is 0.134. The van der Waals surface area contributed by atoms with Gasteiger partial charge >= 0.3 is 6.18 Å². The van der Waals surface area contributed by atoms with Crippen molar-refractivity contribution in [3.05, 3.63) is 54.4 Å². The summed E-state index contributed by atoms with van der Waals surface area (Å²) in [4.78, 5) is 11.1. The van der Waals surface area contributed by atoms with Gasteiger partial charge in [0, 0.05) is 11.1 Å². The predicted octanol–water partition coefficient (Wildman–Crippen LogP) is 4.26. The van der Waals surface area contributed by atoms with Crippen molar-refractivity contribution in [2.24, 2.45) is 0 Å². The fourth-order valence-corrected chi connectivity index (χ4v) is 1.94. The van der Waals surface area contributed by atoms with Crippen molar-refractivity contribution in [3.63, 3.8) is 0 Å². The van der Waals surface area contributed by atoms with Crippen molar-refractivity contribution in [1.82, 2.24) is 0 Å². The summed E-state index contributed by atoms with van der Waals surface area (Å²) < 4.78 is 42.2. The van der Waals surface area contributed by atoms with Gasteiger partial charge in [-0.15, -0.1) is 0 Å². The molecule has 0 aromatic heterocycles. The van der Waals surface area contributed by atoms with Crippen LogP contribution in [0.4, 0.5) is 18.9 Å². The number of benzene rings is 2. The average Bonchev–Trinajstić information content (AvgIpc) is 2.47. The molecule has 0 heterocycles. The number of halogens is 3. The van der Waals surface area contributed by atoms with Crippen LogP contribution in [0, 0.1) is 0 Å². The van der Waals surface area contributed by atoms with Crippen molar-refractivity contribution in [3.8, 4) is 0 Å². The molecule has 0 amide bonds. The zero-order chi connectivity index (χ0) is 16.2. The summed E-state index contributed by atoms with van der Waals surface area (Å²) in [6.45, 7) is 1.76. The van der Waals surface area contributed by atoms with Crippen LogP contribution in [0.15, 0.2) is 54.4 Å². The predicted molar refractivity (Wildman–Crippen MR) is 78.3 cm³/mol. The number of carbonyl (C=O) groups excluding carboxylic acids is 1. The summed E-state index contributed by atoms with van der Waals surface area (Å²) in [5.74, 6) is -2.20. The lowest BCUT2D eigenvalue weighted by Crippen LogP contribution is -2.22. The molecule has 0 saturated heterocycles. The van der Waals surface area contributed by atoms with Crippen molar-refractivity contribution < 1.29 is 22.7 Å². The second kappa shape index (κ2) is 6.51. The van der Waals surface area contributed by atoms with E-state index < -0.39 is 12.0 Å². The molecule has 0 aliphatic heterocycles. The van der Waals surface area contributed by atoms with Crippen LogP contribution in [0.2, 0.25) is 0 Å². The van der Waals surface area contributed by atoms with E-state index in [0.29, 0.717) is 11.8 Å². The normalized spacial score (nSPS) is 12.3. The van der Waals surface area contributed by atoms with E-state index in [1.807, 2.05) is 30.3 Å². The summed E-state index contributed by atoms with van der Waals surface area (Å²) >= 11 is 0. The molecule has 0 saturated carbocycles. The van der Waals surface area contributed by atoms with Crippen molar-refractivity contribution >= 4 is 22.2 Å². The van der Waals surface area contributed by atoms with E-state index in [1.54, 1.807) is 19.1 Å². The van der Waals surface area contributed by atoms with E-state index in [0.717, 1.165) is 10.8 Å². The standard InChI is InChI=1S/C16H14F3NO2/c1-2-22-15(10-14(21)16(17,18)19)20-13-9-5-7-11-6-3-4-8-12(11)13/h3-10,20H,2H2,1H3/b15-10-. The highest BCUT2D eigenvalue weighted by atomic mass is 19.4. The molecule has 2 aromatic carbocycles. The molecular weight excluding hydrogens is 295 g/mol. The molecule has 22 heavy (non-hydrogen) atoms. The Kier molecular flexibility index (Phi) is 4.70. The van der Waals surface area contributed by atoms with Gasteiger partial charge in [-0.1, -0.05) is 36.4 Å². The lowest BCUT2D eigenvalue weighted by Gasteiger charge is -2.14. The summed E-state index contributed by atoms with van der Waals surface area (Å²) in [6.07, 6.45) is -4.51. The number of allylic oxidation sites excluding steroid dienone is 1. The Morgan fingerprint density at radius 3 is 2.55 bits per heavy atom. The van der Waals surface area contributed by atoms with E-state index in [1.165, 1.54) is 0 Å². The molecule has 0 spiro atoms. The van der Waals surface area contributed by atoms with Gasteiger partial charge in [-0.25, -0.2) is 0 Å². The van der Waals surface area contributed by atoms with Gasteiger partial charge in [0.05, 0.1) is 12.7 Å². The van der Waals surface area contributed by atoms with Gasteiger partial charge in [0.15, 0.2) is 5.88 Å². The van der Waals surface area contributed by atoms with E-state index >= 15 is 0 Å². The summed E-state index contributed by atoms with van der Waals surface area (Å²) in [6, 6.07) is 12.7. The molecule has 2 aromatic rings. The number of carbonyl (C=O) groups is 1. The van der Waals surface area contributed by atoms with Crippen LogP contribution >= 0.6 is 0 Å². The third-order valence-electron chi connectivity index (χ3n) is 2.89. The number of hydrogen-bond donors (Lipinski definition) is 1. The van der Waals surface area contributed by atoms with Crippen LogP contribution in [0.1, 0.15) is 6.92 Å². The van der Waals surface area contributed by atoms with Crippen LogP contribution in [0.25, 0.3) is 10.8 Å². The number of ether oxygens (including phenoxy) is 1. The first-order valence-electron chi connectivity index (χ1n) is 6.62. The Balaban J connectivity index is 2.35. The van der Waals surface area contributed by atoms with E-state index in [-0.39, 0.29) is 12.5 Å². The number of fused-ring (bicyclic) bond motifs is 1. The smallest absolute Gasteiger partial charge is 0.454 e. The van der Waals surface area contributed by atoms with Crippen LogP contribution in [-0.2, 0) is 9.53 Å². The Morgan fingerprint density at radius 2 is 1.86 bits per heavy atom. The third-order valence-corrected chi connectivity index (χ3v) is 2.89. The molecule has 0 bridgehead atoms. The average molecular weight is 309 g/mol. The number of alkyl halides is 3. The van der Waals surface area contributed by atoms with Gasteiger partial charge in [-0.3, -0.25) is 4.79 Å². The van der Waals surface area contributed by atoms with Crippen LogP contribution in [-0.4, -0.2) is 18.6 Å².